The van der Waals surface area contributed by atoms with Crippen molar-refractivity contribution in [3.05, 3.63) is 11.6 Å². The fraction of sp³-hybridized carbons (Fsp3) is 0.714. The Kier molecular flexibility index (Phi) is 7.87. The highest BCUT2D eigenvalue weighted by atomic mass is 16.6. The number of carbonyl (C=O) groups excluding carboxylic acids is 2. The minimum atomic E-state index is -0.486. The van der Waals surface area contributed by atoms with E-state index in [1.165, 1.54) is 0 Å². The zero-order valence-electron chi connectivity index (χ0n) is 12.5. The van der Waals surface area contributed by atoms with Crippen molar-refractivity contribution in [2.75, 3.05) is 13.2 Å². The maximum atomic E-state index is 11.3. The van der Waals surface area contributed by atoms with Gasteiger partial charge in [0.15, 0.2) is 0 Å². The summed E-state index contributed by atoms with van der Waals surface area (Å²) >= 11 is 0. The van der Waals surface area contributed by atoms with Crippen molar-refractivity contribution in [2.24, 2.45) is 0 Å². The van der Waals surface area contributed by atoms with Crippen molar-refractivity contribution in [1.82, 2.24) is 5.32 Å². The Morgan fingerprint density at radius 2 is 1.89 bits per heavy atom. The molecule has 0 aromatic rings. The van der Waals surface area contributed by atoms with Gasteiger partial charge in [0, 0.05) is 6.54 Å². The smallest absolute Gasteiger partial charge is 0.407 e. The van der Waals surface area contributed by atoms with E-state index in [1.54, 1.807) is 6.92 Å². The molecule has 0 fully saturated rings. The van der Waals surface area contributed by atoms with E-state index in [9.17, 15) is 9.59 Å². The number of ether oxygens (including phenoxy) is 2. The minimum Gasteiger partial charge on any atom is -0.466 e. The molecule has 110 valence electrons. The van der Waals surface area contributed by atoms with Crippen LogP contribution in [0.1, 0.15) is 47.5 Å². The average Bonchev–Trinajstić information content (AvgIpc) is 2.22. The van der Waals surface area contributed by atoms with Crippen LogP contribution in [0.15, 0.2) is 11.6 Å². The number of hydrogen-bond acceptors (Lipinski definition) is 4. The molecule has 0 rings (SSSR count). The molecule has 0 unspecified atom stereocenters. The Labute approximate surface area is 115 Å². The highest BCUT2D eigenvalue weighted by molar-refractivity contribution is 5.72. The first-order valence-corrected chi connectivity index (χ1v) is 6.52. The van der Waals surface area contributed by atoms with Crippen LogP contribution in [0.3, 0.4) is 0 Å². The molecule has 0 atom stereocenters. The third-order valence-electron chi connectivity index (χ3n) is 2.03. The summed E-state index contributed by atoms with van der Waals surface area (Å²) in [6.45, 7) is 9.97. The number of amides is 1. The standard InChI is InChI=1S/C14H25NO4/c1-6-18-12(16)10-11(2)8-7-9-15-13(17)19-14(3,4)5/h8H,6-7,9-10H2,1-5H3,(H,15,17)/b11-8+. The second-order valence-electron chi connectivity index (χ2n) is 5.25. The Bertz CT molecular complexity index is 329. The van der Waals surface area contributed by atoms with Crippen molar-refractivity contribution < 1.29 is 19.1 Å². The molecular formula is C14H25NO4. The molecule has 0 spiro atoms. The monoisotopic (exact) mass is 271 g/mol. The molecule has 1 amide bonds. The van der Waals surface area contributed by atoms with Crippen LogP contribution >= 0.6 is 0 Å². The normalized spacial score (nSPS) is 11.9. The minimum absolute atomic E-state index is 0.226. The first-order chi connectivity index (χ1) is 8.74. The van der Waals surface area contributed by atoms with E-state index >= 15 is 0 Å². The second-order valence-corrected chi connectivity index (χ2v) is 5.25. The molecule has 5 nitrogen and oxygen atoms in total. The van der Waals surface area contributed by atoms with E-state index in [-0.39, 0.29) is 5.97 Å². The van der Waals surface area contributed by atoms with E-state index in [0.717, 1.165) is 5.57 Å². The molecule has 0 aliphatic rings. The molecule has 0 aromatic heterocycles. The van der Waals surface area contributed by atoms with Crippen LogP contribution in [-0.2, 0) is 14.3 Å². The zero-order valence-corrected chi connectivity index (χ0v) is 12.5. The molecular weight excluding hydrogens is 246 g/mol. The van der Waals surface area contributed by atoms with Crippen LogP contribution in [0.5, 0.6) is 0 Å². The molecule has 0 bridgehead atoms. The molecule has 0 saturated heterocycles. The summed E-state index contributed by atoms with van der Waals surface area (Å²) in [5, 5.41) is 2.65. The highest BCUT2D eigenvalue weighted by Gasteiger charge is 2.15. The van der Waals surface area contributed by atoms with E-state index in [4.69, 9.17) is 9.47 Å². The molecule has 0 heterocycles. The summed E-state index contributed by atoms with van der Waals surface area (Å²) in [7, 11) is 0. The summed E-state index contributed by atoms with van der Waals surface area (Å²) in [6, 6.07) is 0. The third-order valence-corrected chi connectivity index (χ3v) is 2.03. The van der Waals surface area contributed by atoms with Gasteiger partial charge < -0.3 is 14.8 Å². The van der Waals surface area contributed by atoms with Crippen molar-refractivity contribution in [3.63, 3.8) is 0 Å². The lowest BCUT2D eigenvalue weighted by Crippen LogP contribution is -2.32. The van der Waals surface area contributed by atoms with Gasteiger partial charge in [-0.2, -0.15) is 0 Å². The van der Waals surface area contributed by atoms with Gasteiger partial charge in [0.2, 0.25) is 0 Å². The Hall–Kier alpha value is -1.52. The van der Waals surface area contributed by atoms with Crippen LogP contribution in [0, 0.1) is 0 Å². The van der Waals surface area contributed by atoms with E-state index < -0.39 is 11.7 Å². The first kappa shape index (κ1) is 17.5. The second kappa shape index (κ2) is 8.56. The topological polar surface area (TPSA) is 64.6 Å². The van der Waals surface area contributed by atoms with Gasteiger partial charge in [-0.1, -0.05) is 11.6 Å². The predicted octanol–water partition coefficient (Wildman–Crippen LogP) is 2.80. The molecule has 19 heavy (non-hydrogen) atoms. The van der Waals surface area contributed by atoms with Crippen molar-refractivity contribution in [3.8, 4) is 0 Å². The molecule has 5 heteroatoms. The summed E-state index contributed by atoms with van der Waals surface area (Å²) in [6.07, 6.45) is 2.43. The first-order valence-electron chi connectivity index (χ1n) is 6.52. The molecule has 0 radical (unpaired) electrons. The Balaban J connectivity index is 3.83. The van der Waals surface area contributed by atoms with Gasteiger partial charge in [-0.05, 0) is 41.0 Å². The quantitative estimate of drug-likeness (QED) is 0.458. The summed E-state index contributed by atoms with van der Waals surface area (Å²) < 4.78 is 9.94. The van der Waals surface area contributed by atoms with Gasteiger partial charge in [-0.3, -0.25) is 4.79 Å². The summed E-state index contributed by atoms with van der Waals surface area (Å²) in [5.74, 6) is -0.226. The molecule has 0 aromatic carbocycles. The molecule has 0 aliphatic carbocycles. The number of alkyl carbamates (subject to hydrolysis) is 1. The lowest BCUT2D eigenvalue weighted by Gasteiger charge is -2.19. The number of rotatable bonds is 6. The van der Waals surface area contributed by atoms with Gasteiger partial charge in [-0.25, -0.2) is 4.79 Å². The summed E-state index contributed by atoms with van der Waals surface area (Å²) in [4.78, 5) is 22.5. The number of hydrogen-bond donors (Lipinski definition) is 1. The van der Waals surface area contributed by atoms with Crippen LogP contribution < -0.4 is 5.32 Å². The van der Waals surface area contributed by atoms with Crippen LogP contribution in [0.4, 0.5) is 4.79 Å². The Morgan fingerprint density at radius 3 is 2.42 bits per heavy atom. The Morgan fingerprint density at radius 1 is 1.26 bits per heavy atom. The highest BCUT2D eigenvalue weighted by Crippen LogP contribution is 2.06. The zero-order chi connectivity index (χ0) is 14.9. The largest absolute Gasteiger partial charge is 0.466 e. The maximum absolute atomic E-state index is 11.3. The molecule has 1 N–H and O–H groups in total. The van der Waals surface area contributed by atoms with E-state index in [0.29, 0.717) is 26.0 Å². The predicted molar refractivity (Wildman–Crippen MR) is 73.9 cm³/mol. The number of carbonyl (C=O) groups is 2. The van der Waals surface area contributed by atoms with Crippen LogP contribution in [0.25, 0.3) is 0 Å². The summed E-state index contributed by atoms with van der Waals surface area (Å²) in [5.41, 5.74) is 0.448. The van der Waals surface area contributed by atoms with Gasteiger partial charge >= 0.3 is 12.1 Å². The fourth-order valence-electron chi connectivity index (χ4n) is 1.32. The van der Waals surface area contributed by atoms with Gasteiger partial charge in [-0.15, -0.1) is 0 Å². The molecule has 0 saturated carbocycles. The fourth-order valence-corrected chi connectivity index (χ4v) is 1.32. The molecule has 0 aliphatic heterocycles. The van der Waals surface area contributed by atoms with E-state index in [1.807, 2.05) is 33.8 Å². The third kappa shape index (κ3) is 11.3. The van der Waals surface area contributed by atoms with Crippen LogP contribution in [0.2, 0.25) is 0 Å². The van der Waals surface area contributed by atoms with E-state index in [2.05, 4.69) is 5.32 Å². The van der Waals surface area contributed by atoms with Crippen LogP contribution in [-0.4, -0.2) is 30.8 Å². The van der Waals surface area contributed by atoms with Crippen molar-refractivity contribution in [1.29, 1.82) is 0 Å². The van der Waals surface area contributed by atoms with Crippen molar-refractivity contribution in [2.45, 2.75) is 53.1 Å². The van der Waals surface area contributed by atoms with Gasteiger partial charge in [0.25, 0.3) is 0 Å². The SMILES string of the molecule is CCOC(=O)C/C(C)=C/CCNC(=O)OC(C)(C)C. The average molecular weight is 271 g/mol. The maximum Gasteiger partial charge on any atom is 0.407 e. The van der Waals surface area contributed by atoms with Gasteiger partial charge in [0.1, 0.15) is 5.60 Å². The lowest BCUT2D eigenvalue weighted by atomic mass is 10.2. The number of nitrogens with one attached hydrogen (secondary N) is 1. The van der Waals surface area contributed by atoms with Gasteiger partial charge in [0.05, 0.1) is 13.0 Å². The van der Waals surface area contributed by atoms with Crippen molar-refractivity contribution >= 4 is 12.1 Å². The lowest BCUT2D eigenvalue weighted by molar-refractivity contribution is -0.142. The number of esters is 1.